The van der Waals surface area contributed by atoms with Crippen molar-refractivity contribution in [2.24, 2.45) is 5.73 Å². The van der Waals surface area contributed by atoms with E-state index in [0.717, 1.165) is 38.9 Å². The lowest BCUT2D eigenvalue weighted by atomic mass is 10.0. The van der Waals surface area contributed by atoms with Gasteiger partial charge in [-0.1, -0.05) is 41.5 Å². The highest BCUT2D eigenvalue weighted by Gasteiger charge is 2.24. The molecule has 2 saturated heterocycles. The number of halogens is 1. The number of nitrogens with one attached hydrogen (secondary N) is 2. The van der Waals surface area contributed by atoms with Crippen LogP contribution in [0.15, 0.2) is 40.2 Å². The van der Waals surface area contributed by atoms with E-state index in [2.05, 4.69) is 27.4 Å². The predicted molar refractivity (Wildman–Crippen MR) is 159 cm³/mol. The van der Waals surface area contributed by atoms with E-state index in [1.807, 2.05) is 0 Å². The molecule has 0 aliphatic carbocycles. The predicted octanol–water partition coefficient (Wildman–Crippen LogP) is 3.26. The lowest BCUT2D eigenvalue weighted by Gasteiger charge is -2.31. The van der Waals surface area contributed by atoms with E-state index < -0.39 is 0 Å². The number of ether oxygens (including phenoxy) is 1. The van der Waals surface area contributed by atoms with E-state index >= 15 is 0 Å². The van der Waals surface area contributed by atoms with Gasteiger partial charge in [0.25, 0.3) is 5.56 Å². The maximum atomic E-state index is 14.1. The van der Waals surface area contributed by atoms with Gasteiger partial charge in [-0.15, -0.1) is 0 Å². The summed E-state index contributed by atoms with van der Waals surface area (Å²) in [5, 5.41) is 11.1. The Morgan fingerprint density at radius 2 is 1.95 bits per heavy atom. The van der Waals surface area contributed by atoms with Crippen molar-refractivity contribution in [1.29, 1.82) is 0 Å². The molecule has 0 saturated carbocycles. The van der Waals surface area contributed by atoms with Gasteiger partial charge in [-0.25, -0.2) is 0 Å². The number of amides is 1. The van der Waals surface area contributed by atoms with Gasteiger partial charge in [0.2, 0.25) is 17.6 Å². The van der Waals surface area contributed by atoms with Crippen molar-refractivity contribution < 1.29 is 14.1 Å². The summed E-state index contributed by atoms with van der Waals surface area (Å²) in [6.45, 7) is 8.56. The smallest absolute Gasteiger partial charge is 0.260 e. The number of carbonyl (C=O) groups excluding carboxylic acids is 1. The number of anilines is 1. The Morgan fingerprint density at radius 3 is 2.61 bits per heavy atom. The average molecular weight is 582 g/mol. The van der Waals surface area contributed by atoms with Crippen LogP contribution in [0.4, 0.5) is 5.82 Å². The lowest BCUT2D eigenvalue weighted by Crippen LogP contribution is -2.45. The zero-order valence-corrected chi connectivity index (χ0v) is 24.0. The van der Waals surface area contributed by atoms with Crippen LogP contribution in [0.5, 0.6) is 0 Å². The number of carbonyl (C=O) groups is 1. The van der Waals surface area contributed by atoms with E-state index in [1.165, 1.54) is 4.57 Å². The molecule has 12 heteroatoms. The molecule has 2 aliphatic rings. The van der Waals surface area contributed by atoms with Crippen LogP contribution in [0.1, 0.15) is 37.1 Å². The van der Waals surface area contributed by atoms with Crippen molar-refractivity contribution in [3.05, 3.63) is 57.7 Å². The Morgan fingerprint density at radius 1 is 1.20 bits per heavy atom. The first kappa shape index (κ1) is 29.0. The topological polar surface area (TPSA) is 141 Å². The molecule has 0 bridgehead atoms. The molecule has 0 spiro atoms. The van der Waals surface area contributed by atoms with Crippen LogP contribution in [0.25, 0.3) is 28.6 Å². The first-order valence-corrected chi connectivity index (χ1v) is 14.3. The third kappa shape index (κ3) is 6.70. The fourth-order valence-corrected chi connectivity index (χ4v) is 5.52. The summed E-state index contributed by atoms with van der Waals surface area (Å²) >= 11 is 6.71. The van der Waals surface area contributed by atoms with Gasteiger partial charge in [0.05, 0.1) is 6.67 Å². The summed E-state index contributed by atoms with van der Waals surface area (Å²) in [5.41, 5.74) is 7.93. The second-order valence-electron chi connectivity index (χ2n) is 10.5. The molecular weight excluding hydrogens is 546 g/mol. The number of hydrogen-bond acceptors (Lipinski definition) is 9. The summed E-state index contributed by atoms with van der Waals surface area (Å²) < 4.78 is 12.0. The summed E-state index contributed by atoms with van der Waals surface area (Å²) in [7, 11) is 0. The molecule has 1 amide bonds. The van der Waals surface area contributed by atoms with Crippen molar-refractivity contribution in [3.63, 3.8) is 0 Å². The number of hydrogen-bond donors (Lipinski definition) is 3. The summed E-state index contributed by atoms with van der Waals surface area (Å²) in [5.74, 6) is 1.22. The number of pyridine rings is 1. The molecule has 218 valence electrons. The minimum absolute atomic E-state index is 0.0902. The van der Waals surface area contributed by atoms with Gasteiger partial charge in [0.15, 0.2) is 0 Å². The molecular formula is C29H36ClN7O4. The molecule has 4 N–H and O–H groups in total. The Balaban J connectivity index is 1.49. The molecule has 2 fully saturated rings. The van der Waals surface area contributed by atoms with Gasteiger partial charge in [0, 0.05) is 72.6 Å². The number of benzene rings is 1. The van der Waals surface area contributed by atoms with Gasteiger partial charge in [-0.2, -0.15) is 4.98 Å². The average Bonchev–Trinajstić information content (AvgIpc) is 3.42. The minimum atomic E-state index is -0.337. The van der Waals surface area contributed by atoms with Crippen molar-refractivity contribution in [2.75, 3.05) is 38.3 Å². The summed E-state index contributed by atoms with van der Waals surface area (Å²) in [4.78, 5) is 33.5. The zero-order chi connectivity index (χ0) is 28.9. The Bertz CT molecular complexity index is 1460. The quantitative estimate of drug-likeness (QED) is 0.325. The maximum absolute atomic E-state index is 14.1. The fourth-order valence-electron chi connectivity index (χ4n) is 5.24. The SMILES string of the molecule is C=Cc1cc(-c2ccc(-c3noc(C)n3)cc2Cl)c(=O)n(CC(=O)N2CCC(N)CC2)c1NCNC1CCOCC1. The van der Waals surface area contributed by atoms with Crippen LogP contribution in [0, 0.1) is 6.92 Å². The summed E-state index contributed by atoms with van der Waals surface area (Å²) in [6.07, 6.45) is 4.97. The molecule has 0 unspecified atom stereocenters. The molecule has 11 nitrogen and oxygen atoms in total. The normalized spacial score (nSPS) is 16.6. The number of piperidine rings is 1. The van der Waals surface area contributed by atoms with Crippen LogP contribution in [-0.4, -0.2) is 70.6 Å². The highest BCUT2D eigenvalue weighted by molar-refractivity contribution is 6.33. The van der Waals surface area contributed by atoms with Gasteiger partial charge in [-0.3, -0.25) is 19.5 Å². The van der Waals surface area contributed by atoms with Crippen molar-refractivity contribution in [2.45, 2.75) is 51.2 Å². The fraction of sp³-hybridized carbons (Fsp3) is 0.448. The van der Waals surface area contributed by atoms with Crippen LogP contribution in [0.2, 0.25) is 5.02 Å². The Labute approximate surface area is 243 Å². The monoisotopic (exact) mass is 581 g/mol. The first-order chi connectivity index (χ1) is 19.8. The van der Waals surface area contributed by atoms with E-state index in [-0.39, 0.29) is 24.1 Å². The lowest BCUT2D eigenvalue weighted by molar-refractivity contribution is -0.132. The molecule has 0 atom stereocenters. The molecule has 4 heterocycles. The first-order valence-electron chi connectivity index (χ1n) is 13.9. The molecule has 3 aromatic rings. The molecule has 5 rings (SSSR count). The highest BCUT2D eigenvalue weighted by Crippen LogP contribution is 2.32. The minimum Gasteiger partial charge on any atom is -0.381 e. The highest BCUT2D eigenvalue weighted by atomic mass is 35.5. The molecule has 0 radical (unpaired) electrons. The third-order valence-electron chi connectivity index (χ3n) is 7.64. The van der Waals surface area contributed by atoms with Crippen LogP contribution in [0.3, 0.4) is 0 Å². The van der Waals surface area contributed by atoms with E-state index in [1.54, 1.807) is 42.2 Å². The number of nitrogens with zero attached hydrogens (tertiary/aromatic N) is 4. The van der Waals surface area contributed by atoms with Crippen molar-refractivity contribution in [3.8, 4) is 22.5 Å². The number of aryl methyl sites for hydroxylation is 1. The van der Waals surface area contributed by atoms with Gasteiger partial charge in [0.1, 0.15) is 12.4 Å². The Hall–Kier alpha value is -3.51. The molecule has 1 aromatic carbocycles. The second-order valence-corrected chi connectivity index (χ2v) is 10.9. The molecule has 2 aliphatic heterocycles. The third-order valence-corrected chi connectivity index (χ3v) is 7.95. The van der Waals surface area contributed by atoms with Crippen LogP contribution < -0.4 is 21.9 Å². The summed E-state index contributed by atoms with van der Waals surface area (Å²) in [6, 6.07) is 7.39. The molecule has 41 heavy (non-hydrogen) atoms. The van der Waals surface area contributed by atoms with E-state index in [0.29, 0.717) is 70.6 Å². The van der Waals surface area contributed by atoms with E-state index in [4.69, 9.17) is 26.6 Å². The number of rotatable bonds is 9. The number of likely N-dealkylation sites (tertiary alicyclic amines) is 1. The van der Waals surface area contributed by atoms with Gasteiger partial charge >= 0.3 is 0 Å². The second kappa shape index (κ2) is 13.0. The van der Waals surface area contributed by atoms with Crippen molar-refractivity contribution >= 4 is 29.4 Å². The van der Waals surface area contributed by atoms with Crippen LogP contribution >= 0.6 is 11.6 Å². The van der Waals surface area contributed by atoms with Crippen LogP contribution in [-0.2, 0) is 16.1 Å². The number of nitrogens with two attached hydrogens (primary N) is 1. The largest absolute Gasteiger partial charge is 0.381 e. The van der Waals surface area contributed by atoms with Gasteiger partial charge < -0.3 is 25.2 Å². The van der Waals surface area contributed by atoms with Gasteiger partial charge in [-0.05, 0) is 37.8 Å². The van der Waals surface area contributed by atoms with E-state index in [9.17, 15) is 9.59 Å². The zero-order valence-electron chi connectivity index (χ0n) is 23.2. The van der Waals surface area contributed by atoms with Crippen molar-refractivity contribution in [1.82, 2.24) is 24.9 Å². The standard InChI is InChI=1S/C29H36ClN7O4/c1-3-19-14-24(23-5-4-20(15-25(23)30)27-34-18(2)41-35-27)29(39)37(16-26(38)36-10-6-21(31)7-11-36)28(19)33-17-32-22-8-12-40-13-9-22/h3-5,14-15,21-22,32-33H,1,6-13,16-17,31H2,2H3. The Kier molecular flexibility index (Phi) is 9.19. The molecule has 2 aromatic heterocycles. The maximum Gasteiger partial charge on any atom is 0.260 e. The number of aromatic nitrogens is 3.